The van der Waals surface area contributed by atoms with Crippen LogP contribution in [0.1, 0.15) is 4.88 Å². The Morgan fingerprint density at radius 2 is 2.08 bits per heavy atom. The van der Waals surface area contributed by atoms with Crippen molar-refractivity contribution in [2.75, 3.05) is 0 Å². The molecule has 0 bridgehead atoms. The van der Waals surface area contributed by atoms with E-state index in [1.807, 2.05) is 13.0 Å². The van der Waals surface area contributed by atoms with Gasteiger partial charge in [-0.05, 0) is 13.0 Å². The highest BCUT2D eigenvalue weighted by Gasteiger charge is 2.08. The molecule has 0 aliphatic heterocycles. The van der Waals surface area contributed by atoms with Gasteiger partial charge in [-0.15, -0.1) is 11.3 Å². The SMILES string of the molecule is Cc1cc2sc(OC(=O)O)cc2s1. The van der Waals surface area contributed by atoms with E-state index in [4.69, 9.17) is 5.11 Å². The van der Waals surface area contributed by atoms with E-state index in [2.05, 4.69) is 4.74 Å². The molecule has 0 aromatic carbocycles. The fraction of sp³-hybridized carbons (Fsp3) is 0.125. The lowest BCUT2D eigenvalue weighted by Crippen LogP contribution is -2.00. The van der Waals surface area contributed by atoms with Crippen molar-refractivity contribution < 1.29 is 14.6 Å². The number of ether oxygens (including phenoxy) is 1. The van der Waals surface area contributed by atoms with Crippen LogP contribution in [0.2, 0.25) is 0 Å². The van der Waals surface area contributed by atoms with Gasteiger partial charge in [0.15, 0.2) is 5.06 Å². The average molecular weight is 214 g/mol. The van der Waals surface area contributed by atoms with Gasteiger partial charge in [0.05, 0.1) is 0 Å². The summed E-state index contributed by atoms with van der Waals surface area (Å²) in [5.41, 5.74) is 0. The number of hydrogen-bond acceptors (Lipinski definition) is 4. The van der Waals surface area contributed by atoms with Crippen molar-refractivity contribution in [3.05, 3.63) is 17.0 Å². The summed E-state index contributed by atoms with van der Waals surface area (Å²) < 4.78 is 6.70. The Morgan fingerprint density at radius 3 is 2.69 bits per heavy atom. The molecule has 5 heteroatoms. The molecule has 0 saturated carbocycles. The molecular weight excluding hydrogens is 208 g/mol. The number of hydrogen-bond donors (Lipinski definition) is 1. The van der Waals surface area contributed by atoms with Crippen LogP contribution in [0.15, 0.2) is 12.1 Å². The van der Waals surface area contributed by atoms with E-state index >= 15 is 0 Å². The molecule has 0 fully saturated rings. The Bertz CT molecular complexity index is 423. The molecule has 2 aromatic heterocycles. The van der Waals surface area contributed by atoms with Crippen LogP contribution in [0, 0.1) is 6.92 Å². The summed E-state index contributed by atoms with van der Waals surface area (Å²) in [6.07, 6.45) is -1.26. The minimum absolute atomic E-state index is 0.439. The van der Waals surface area contributed by atoms with Crippen molar-refractivity contribution >= 4 is 38.2 Å². The van der Waals surface area contributed by atoms with E-state index in [9.17, 15) is 4.79 Å². The lowest BCUT2D eigenvalue weighted by molar-refractivity contribution is 0.146. The third kappa shape index (κ3) is 1.66. The molecule has 0 aliphatic carbocycles. The predicted octanol–water partition coefficient (Wildman–Crippen LogP) is 3.33. The van der Waals surface area contributed by atoms with Gasteiger partial charge in [0.25, 0.3) is 0 Å². The van der Waals surface area contributed by atoms with Crippen molar-refractivity contribution in [3.8, 4) is 5.06 Å². The number of carboxylic acid groups (broad SMARTS) is 1. The maximum Gasteiger partial charge on any atom is 0.512 e. The minimum atomic E-state index is -1.26. The largest absolute Gasteiger partial charge is 0.512 e. The predicted molar refractivity (Wildman–Crippen MR) is 53.1 cm³/mol. The normalized spacial score (nSPS) is 10.5. The summed E-state index contributed by atoms with van der Waals surface area (Å²) in [6.45, 7) is 2.02. The summed E-state index contributed by atoms with van der Waals surface area (Å²) >= 11 is 2.99. The molecule has 2 aromatic rings. The average Bonchev–Trinajstić information content (AvgIpc) is 2.41. The van der Waals surface area contributed by atoms with Gasteiger partial charge in [-0.1, -0.05) is 11.3 Å². The molecule has 0 amide bonds. The Morgan fingerprint density at radius 1 is 1.38 bits per heavy atom. The third-order valence-electron chi connectivity index (χ3n) is 1.50. The van der Waals surface area contributed by atoms with Crippen LogP contribution in [-0.2, 0) is 0 Å². The summed E-state index contributed by atoms with van der Waals surface area (Å²) in [6, 6.07) is 3.78. The first-order chi connectivity index (χ1) is 6.15. The van der Waals surface area contributed by atoms with Crippen LogP contribution >= 0.6 is 22.7 Å². The molecule has 0 unspecified atom stereocenters. The first kappa shape index (κ1) is 8.52. The molecule has 0 aliphatic rings. The Kier molecular flexibility index (Phi) is 1.97. The van der Waals surface area contributed by atoms with Crippen LogP contribution < -0.4 is 4.74 Å². The maximum atomic E-state index is 10.2. The van der Waals surface area contributed by atoms with Crippen LogP contribution in [0.3, 0.4) is 0 Å². The number of rotatable bonds is 1. The number of carbonyl (C=O) groups is 1. The summed E-state index contributed by atoms with van der Waals surface area (Å²) in [7, 11) is 0. The number of thiophene rings is 2. The van der Waals surface area contributed by atoms with Gasteiger partial charge in [-0.2, -0.15) is 0 Å². The molecule has 0 saturated heterocycles. The highest BCUT2D eigenvalue weighted by molar-refractivity contribution is 7.28. The van der Waals surface area contributed by atoms with Gasteiger partial charge in [0.1, 0.15) is 0 Å². The zero-order chi connectivity index (χ0) is 9.42. The molecule has 2 rings (SSSR count). The van der Waals surface area contributed by atoms with Crippen molar-refractivity contribution in [2.45, 2.75) is 6.92 Å². The third-order valence-corrected chi connectivity index (χ3v) is 3.58. The van der Waals surface area contributed by atoms with Gasteiger partial charge in [0.2, 0.25) is 0 Å². The van der Waals surface area contributed by atoms with Crippen LogP contribution in [0.25, 0.3) is 9.40 Å². The quantitative estimate of drug-likeness (QED) is 0.740. The fourth-order valence-corrected chi connectivity index (χ4v) is 3.22. The lowest BCUT2D eigenvalue weighted by atomic mass is 10.5. The standard InChI is InChI=1S/C8H6O3S2/c1-4-2-5-6(12-4)3-7(13-5)11-8(9)10/h2-3H,1H3,(H,9,10). The Hall–Kier alpha value is -1.07. The summed E-state index contributed by atoms with van der Waals surface area (Å²) in [5.74, 6) is 0. The number of fused-ring (bicyclic) bond motifs is 1. The van der Waals surface area contributed by atoms with Gasteiger partial charge in [0, 0.05) is 20.3 Å². The number of aryl methyl sites for hydroxylation is 1. The summed E-state index contributed by atoms with van der Waals surface area (Å²) in [4.78, 5) is 11.4. The van der Waals surface area contributed by atoms with Crippen molar-refractivity contribution in [1.29, 1.82) is 0 Å². The zero-order valence-corrected chi connectivity index (χ0v) is 8.37. The molecule has 3 nitrogen and oxygen atoms in total. The summed E-state index contributed by atoms with van der Waals surface area (Å²) in [5, 5.41) is 8.81. The topological polar surface area (TPSA) is 46.5 Å². The van der Waals surface area contributed by atoms with E-state index in [0.717, 1.165) is 9.40 Å². The fourth-order valence-electron chi connectivity index (χ4n) is 1.07. The molecule has 68 valence electrons. The highest BCUT2D eigenvalue weighted by Crippen LogP contribution is 2.36. The minimum Gasteiger partial charge on any atom is -0.449 e. The van der Waals surface area contributed by atoms with E-state index < -0.39 is 6.16 Å². The lowest BCUT2D eigenvalue weighted by Gasteiger charge is -1.90. The van der Waals surface area contributed by atoms with Crippen LogP contribution in [-0.4, -0.2) is 11.3 Å². The second-order valence-electron chi connectivity index (χ2n) is 2.52. The second-order valence-corrected chi connectivity index (χ2v) is 4.85. The molecule has 0 atom stereocenters. The van der Waals surface area contributed by atoms with Gasteiger partial charge < -0.3 is 9.84 Å². The van der Waals surface area contributed by atoms with E-state index in [1.165, 1.54) is 16.2 Å². The van der Waals surface area contributed by atoms with Gasteiger partial charge in [-0.3, -0.25) is 0 Å². The Labute approximate surface area is 82.2 Å². The highest BCUT2D eigenvalue weighted by atomic mass is 32.1. The smallest absolute Gasteiger partial charge is 0.449 e. The molecule has 0 radical (unpaired) electrons. The zero-order valence-electron chi connectivity index (χ0n) is 6.73. The first-order valence-corrected chi connectivity index (χ1v) is 5.19. The molecule has 1 N–H and O–H groups in total. The van der Waals surface area contributed by atoms with Crippen molar-refractivity contribution in [2.24, 2.45) is 0 Å². The van der Waals surface area contributed by atoms with Gasteiger partial charge >= 0.3 is 6.16 Å². The van der Waals surface area contributed by atoms with E-state index in [1.54, 1.807) is 17.4 Å². The monoisotopic (exact) mass is 214 g/mol. The van der Waals surface area contributed by atoms with Crippen molar-refractivity contribution in [3.63, 3.8) is 0 Å². The van der Waals surface area contributed by atoms with E-state index in [-0.39, 0.29) is 0 Å². The maximum absolute atomic E-state index is 10.2. The molecule has 2 heterocycles. The van der Waals surface area contributed by atoms with E-state index in [0.29, 0.717) is 5.06 Å². The second kappa shape index (κ2) is 3.01. The first-order valence-electron chi connectivity index (χ1n) is 3.56. The molecular formula is C8H6O3S2. The van der Waals surface area contributed by atoms with Crippen LogP contribution in [0.4, 0.5) is 4.79 Å². The Balaban J connectivity index is 2.39. The van der Waals surface area contributed by atoms with Gasteiger partial charge in [-0.25, -0.2) is 4.79 Å². The molecule has 0 spiro atoms. The molecule has 13 heavy (non-hydrogen) atoms. The van der Waals surface area contributed by atoms with Crippen molar-refractivity contribution in [1.82, 2.24) is 0 Å². The van der Waals surface area contributed by atoms with Crippen LogP contribution in [0.5, 0.6) is 5.06 Å².